The molecule has 0 bridgehead atoms. The molecule has 0 aromatic carbocycles. The average Bonchev–Trinajstić information content (AvgIpc) is 2.45. The molecular formula is C11H21NOS. The smallest absolute Gasteiger partial charge is 0.222 e. The van der Waals surface area contributed by atoms with Crippen LogP contribution in [0.15, 0.2) is 0 Å². The van der Waals surface area contributed by atoms with Gasteiger partial charge in [-0.05, 0) is 23.5 Å². The first-order chi connectivity index (χ1) is 6.45. The van der Waals surface area contributed by atoms with Crippen molar-refractivity contribution in [2.75, 3.05) is 18.8 Å². The van der Waals surface area contributed by atoms with E-state index < -0.39 is 0 Å². The van der Waals surface area contributed by atoms with Gasteiger partial charge in [0, 0.05) is 19.5 Å². The molecule has 0 aromatic rings. The van der Waals surface area contributed by atoms with Crippen LogP contribution >= 0.6 is 12.6 Å². The Kier molecular flexibility index (Phi) is 3.87. The minimum Gasteiger partial charge on any atom is -0.342 e. The molecule has 0 aliphatic carbocycles. The third kappa shape index (κ3) is 2.91. The molecular weight excluding hydrogens is 194 g/mol. The first kappa shape index (κ1) is 11.9. The van der Waals surface area contributed by atoms with E-state index in [9.17, 15) is 4.79 Å². The van der Waals surface area contributed by atoms with Gasteiger partial charge in [0.25, 0.3) is 0 Å². The molecule has 0 N–H and O–H groups in total. The van der Waals surface area contributed by atoms with Gasteiger partial charge in [-0.3, -0.25) is 4.79 Å². The third-order valence-electron chi connectivity index (χ3n) is 3.06. The predicted molar refractivity (Wildman–Crippen MR) is 62.6 cm³/mol. The highest BCUT2D eigenvalue weighted by molar-refractivity contribution is 7.80. The molecule has 1 saturated heterocycles. The molecule has 14 heavy (non-hydrogen) atoms. The van der Waals surface area contributed by atoms with Crippen LogP contribution in [-0.4, -0.2) is 29.6 Å². The summed E-state index contributed by atoms with van der Waals surface area (Å²) in [5.74, 6) is 1.67. The zero-order chi connectivity index (χ0) is 10.8. The molecule has 1 fully saturated rings. The van der Waals surface area contributed by atoms with Gasteiger partial charge in [0.2, 0.25) is 5.91 Å². The van der Waals surface area contributed by atoms with Crippen molar-refractivity contribution in [3.8, 4) is 0 Å². The van der Waals surface area contributed by atoms with Crippen molar-refractivity contribution in [3.05, 3.63) is 0 Å². The molecule has 1 aliphatic rings. The van der Waals surface area contributed by atoms with Gasteiger partial charge in [-0.2, -0.15) is 12.6 Å². The van der Waals surface area contributed by atoms with Crippen LogP contribution in [0.2, 0.25) is 0 Å². The van der Waals surface area contributed by atoms with E-state index in [1.54, 1.807) is 0 Å². The number of carbonyl (C=O) groups is 1. The summed E-state index contributed by atoms with van der Waals surface area (Å²) in [5.41, 5.74) is 0.241. The summed E-state index contributed by atoms with van der Waals surface area (Å²) in [5, 5.41) is 0. The van der Waals surface area contributed by atoms with Gasteiger partial charge >= 0.3 is 0 Å². The van der Waals surface area contributed by atoms with Crippen molar-refractivity contribution in [1.82, 2.24) is 4.90 Å². The van der Waals surface area contributed by atoms with Crippen molar-refractivity contribution < 1.29 is 4.79 Å². The number of amides is 1. The molecule has 0 saturated carbocycles. The minimum atomic E-state index is 0.241. The van der Waals surface area contributed by atoms with Crippen LogP contribution in [0.25, 0.3) is 0 Å². The van der Waals surface area contributed by atoms with E-state index in [1.165, 1.54) is 0 Å². The van der Waals surface area contributed by atoms with Gasteiger partial charge in [0.05, 0.1) is 0 Å². The van der Waals surface area contributed by atoms with E-state index >= 15 is 0 Å². The van der Waals surface area contributed by atoms with Gasteiger partial charge < -0.3 is 4.90 Å². The van der Waals surface area contributed by atoms with Crippen LogP contribution in [-0.2, 0) is 4.79 Å². The molecule has 0 radical (unpaired) electrons. The van der Waals surface area contributed by atoms with Crippen molar-refractivity contribution in [1.29, 1.82) is 0 Å². The fraction of sp³-hybridized carbons (Fsp3) is 0.909. The van der Waals surface area contributed by atoms with Crippen LogP contribution in [0, 0.1) is 11.3 Å². The fourth-order valence-corrected chi connectivity index (χ4v) is 2.43. The van der Waals surface area contributed by atoms with E-state index in [0.717, 1.165) is 31.7 Å². The number of carbonyl (C=O) groups excluding carboxylic acids is 1. The summed E-state index contributed by atoms with van der Waals surface area (Å²) in [6.45, 7) is 8.47. The van der Waals surface area contributed by atoms with E-state index in [1.807, 2.05) is 4.90 Å². The Labute approximate surface area is 92.5 Å². The van der Waals surface area contributed by atoms with Crippen LogP contribution in [0.3, 0.4) is 0 Å². The number of hydrogen-bond donors (Lipinski definition) is 1. The number of likely N-dealkylation sites (tertiary alicyclic amines) is 1. The maximum atomic E-state index is 11.5. The SMILES string of the molecule is CC(C)(C)C(CS)CN1CCCC1=O. The number of nitrogens with zero attached hydrogens (tertiary/aromatic N) is 1. The predicted octanol–water partition coefficient (Wildman–Crippen LogP) is 2.20. The largest absolute Gasteiger partial charge is 0.342 e. The van der Waals surface area contributed by atoms with Gasteiger partial charge in [0.1, 0.15) is 0 Å². The quantitative estimate of drug-likeness (QED) is 0.716. The van der Waals surface area contributed by atoms with Gasteiger partial charge in [-0.15, -0.1) is 0 Å². The summed E-state index contributed by atoms with van der Waals surface area (Å²) in [4.78, 5) is 13.4. The molecule has 1 heterocycles. The lowest BCUT2D eigenvalue weighted by Gasteiger charge is -2.32. The molecule has 1 aliphatic heterocycles. The van der Waals surface area contributed by atoms with E-state index in [-0.39, 0.29) is 5.41 Å². The average molecular weight is 215 g/mol. The molecule has 1 unspecified atom stereocenters. The maximum Gasteiger partial charge on any atom is 0.222 e. The van der Waals surface area contributed by atoms with Crippen molar-refractivity contribution in [3.63, 3.8) is 0 Å². The second-order valence-corrected chi connectivity index (χ2v) is 5.55. The summed E-state index contributed by atoms with van der Waals surface area (Å²) < 4.78 is 0. The van der Waals surface area contributed by atoms with Crippen LogP contribution in [0.4, 0.5) is 0 Å². The first-order valence-electron chi connectivity index (χ1n) is 5.34. The van der Waals surface area contributed by atoms with Gasteiger partial charge in [-0.1, -0.05) is 20.8 Å². The Morgan fingerprint density at radius 3 is 2.50 bits per heavy atom. The highest BCUT2D eigenvalue weighted by atomic mass is 32.1. The summed E-state index contributed by atoms with van der Waals surface area (Å²) in [7, 11) is 0. The molecule has 1 amide bonds. The lowest BCUT2D eigenvalue weighted by Crippen LogP contribution is -2.37. The van der Waals surface area contributed by atoms with Crippen molar-refractivity contribution in [2.45, 2.75) is 33.6 Å². The monoisotopic (exact) mass is 215 g/mol. The highest BCUT2D eigenvalue weighted by Gasteiger charge is 2.29. The van der Waals surface area contributed by atoms with E-state index in [0.29, 0.717) is 11.8 Å². The molecule has 0 aromatic heterocycles. The second kappa shape index (κ2) is 4.56. The first-order valence-corrected chi connectivity index (χ1v) is 5.97. The Bertz CT molecular complexity index is 210. The van der Waals surface area contributed by atoms with Crippen molar-refractivity contribution in [2.24, 2.45) is 11.3 Å². The van der Waals surface area contributed by atoms with E-state index in [2.05, 4.69) is 33.4 Å². The standard InChI is InChI=1S/C11H21NOS/c1-11(2,3)9(8-14)7-12-6-4-5-10(12)13/h9,14H,4-8H2,1-3H3. The Balaban J connectivity index is 2.52. The Morgan fingerprint density at radius 2 is 2.14 bits per heavy atom. The third-order valence-corrected chi connectivity index (χ3v) is 3.50. The number of rotatable bonds is 3. The minimum absolute atomic E-state index is 0.241. The lowest BCUT2D eigenvalue weighted by molar-refractivity contribution is -0.128. The molecule has 3 heteroatoms. The molecule has 0 spiro atoms. The zero-order valence-corrected chi connectivity index (χ0v) is 10.3. The van der Waals surface area contributed by atoms with Crippen LogP contribution < -0.4 is 0 Å². The summed E-state index contributed by atoms with van der Waals surface area (Å²) >= 11 is 4.37. The maximum absolute atomic E-state index is 11.5. The Morgan fingerprint density at radius 1 is 1.50 bits per heavy atom. The second-order valence-electron chi connectivity index (χ2n) is 5.19. The summed E-state index contributed by atoms with van der Waals surface area (Å²) in [6, 6.07) is 0. The molecule has 1 atom stereocenters. The fourth-order valence-electron chi connectivity index (χ4n) is 1.77. The topological polar surface area (TPSA) is 20.3 Å². The number of hydrogen-bond acceptors (Lipinski definition) is 2. The molecule has 1 rings (SSSR count). The van der Waals surface area contributed by atoms with Gasteiger partial charge in [-0.25, -0.2) is 0 Å². The normalized spacial score (nSPS) is 20.3. The van der Waals surface area contributed by atoms with Gasteiger partial charge in [0.15, 0.2) is 0 Å². The molecule has 82 valence electrons. The highest BCUT2D eigenvalue weighted by Crippen LogP contribution is 2.28. The summed E-state index contributed by atoms with van der Waals surface area (Å²) in [6.07, 6.45) is 1.77. The van der Waals surface area contributed by atoms with Crippen molar-refractivity contribution >= 4 is 18.5 Å². The Hall–Kier alpha value is -0.180. The zero-order valence-electron chi connectivity index (χ0n) is 9.42. The van der Waals surface area contributed by atoms with Crippen LogP contribution in [0.1, 0.15) is 33.6 Å². The van der Waals surface area contributed by atoms with E-state index in [4.69, 9.17) is 0 Å². The van der Waals surface area contributed by atoms with Crippen LogP contribution in [0.5, 0.6) is 0 Å². The number of thiol groups is 1. The molecule has 2 nitrogen and oxygen atoms in total. The lowest BCUT2D eigenvalue weighted by atomic mass is 9.81.